The summed E-state index contributed by atoms with van der Waals surface area (Å²) in [7, 11) is 0. The highest BCUT2D eigenvalue weighted by molar-refractivity contribution is 6.29. The molecule has 0 saturated carbocycles. The molecule has 1 N–H and O–H groups in total. The van der Waals surface area contributed by atoms with Crippen molar-refractivity contribution in [1.29, 1.82) is 0 Å². The van der Waals surface area contributed by atoms with Gasteiger partial charge in [0.25, 0.3) is 0 Å². The molecule has 4 nitrogen and oxygen atoms in total. The van der Waals surface area contributed by atoms with Crippen LogP contribution < -0.4 is 0 Å². The minimum absolute atomic E-state index is 0.759. The smallest absolute Gasteiger partial charge is 0.0868 e. The number of aliphatic imine (C=N–C) groups is 1. The molecular formula is C9H19N3O. The first-order chi connectivity index (χ1) is 6.24. The molecule has 13 heavy (non-hydrogen) atoms. The van der Waals surface area contributed by atoms with Crippen LogP contribution in [0.1, 0.15) is 20.8 Å². The summed E-state index contributed by atoms with van der Waals surface area (Å²) in [5, 5.41) is 11.1. The average molecular weight is 185 g/mol. The Labute approximate surface area is 80.0 Å². The standard InChI is InChI=1S/C9H19N3O/c1-4-12(5-2)7-6-10-9(3)8-11-13/h8,13H,4-7H2,1-3H3/b10-9?,11-8+. The minimum Gasteiger partial charge on any atom is -0.411 e. The van der Waals surface area contributed by atoms with Crippen LogP contribution in [-0.2, 0) is 0 Å². The fourth-order valence-corrected chi connectivity index (χ4v) is 1.03. The van der Waals surface area contributed by atoms with Crippen LogP contribution in [0.15, 0.2) is 10.1 Å². The monoisotopic (exact) mass is 185 g/mol. The first-order valence-corrected chi connectivity index (χ1v) is 4.65. The van der Waals surface area contributed by atoms with Gasteiger partial charge in [-0.2, -0.15) is 0 Å². The summed E-state index contributed by atoms with van der Waals surface area (Å²) in [6.07, 6.45) is 1.35. The Morgan fingerprint density at radius 2 is 2.00 bits per heavy atom. The molecule has 4 heteroatoms. The first kappa shape index (κ1) is 12.1. The van der Waals surface area contributed by atoms with Crippen molar-refractivity contribution < 1.29 is 5.21 Å². The highest BCUT2D eigenvalue weighted by Crippen LogP contribution is 1.86. The van der Waals surface area contributed by atoms with Crippen molar-refractivity contribution >= 4 is 11.9 Å². The summed E-state index contributed by atoms with van der Waals surface area (Å²) in [4.78, 5) is 6.51. The number of oxime groups is 1. The third kappa shape index (κ3) is 6.28. The van der Waals surface area contributed by atoms with Gasteiger partial charge in [-0.05, 0) is 20.0 Å². The fourth-order valence-electron chi connectivity index (χ4n) is 1.03. The van der Waals surface area contributed by atoms with E-state index >= 15 is 0 Å². The molecule has 0 aromatic heterocycles. The molecule has 0 amide bonds. The number of rotatable bonds is 6. The van der Waals surface area contributed by atoms with E-state index in [9.17, 15) is 0 Å². The lowest BCUT2D eigenvalue weighted by atomic mass is 10.4. The molecule has 0 spiro atoms. The van der Waals surface area contributed by atoms with E-state index < -0.39 is 0 Å². The normalized spacial score (nSPS) is 13.1. The molecular weight excluding hydrogens is 166 g/mol. The quantitative estimate of drug-likeness (QED) is 0.384. The van der Waals surface area contributed by atoms with Crippen molar-refractivity contribution in [3.05, 3.63) is 0 Å². The Hall–Kier alpha value is -0.900. The van der Waals surface area contributed by atoms with E-state index in [4.69, 9.17) is 5.21 Å². The van der Waals surface area contributed by atoms with E-state index in [2.05, 4.69) is 28.9 Å². The molecule has 0 aliphatic rings. The van der Waals surface area contributed by atoms with E-state index in [1.54, 1.807) is 0 Å². The molecule has 0 bridgehead atoms. The van der Waals surface area contributed by atoms with Gasteiger partial charge in [0.15, 0.2) is 0 Å². The van der Waals surface area contributed by atoms with Crippen LogP contribution >= 0.6 is 0 Å². The fraction of sp³-hybridized carbons (Fsp3) is 0.778. The lowest BCUT2D eigenvalue weighted by Gasteiger charge is -2.15. The molecule has 0 aromatic rings. The van der Waals surface area contributed by atoms with E-state index in [1.807, 2.05) is 6.92 Å². The van der Waals surface area contributed by atoms with Crippen LogP contribution in [0.25, 0.3) is 0 Å². The molecule has 0 unspecified atom stereocenters. The predicted molar refractivity (Wildman–Crippen MR) is 56.0 cm³/mol. The van der Waals surface area contributed by atoms with E-state index in [1.165, 1.54) is 6.21 Å². The molecule has 0 saturated heterocycles. The van der Waals surface area contributed by atoms with Gasteiger partial charge in [-0.25, -0.2) is 0 Å². The van der Waals surface area contributed by atoms with Gasteiger partial charge in [0, 0.05) is 6.54 Å². The number of hydrogen-bond acceptors (Lipinski definition) is 4. The Bertz CT molecular complexity index is 174. The number of likely N-dealkylation sites (N-methyl/N-ethyl adjacent to an activating group) is 1. The lowest BCUT2D eigenvalue weighted by Crippen LogP contribution is -2.25. The zero-order valence-electron chi connectivity index (χ0n) is 8.69. The number of nitrogens with zero attached hydrogens (tertiary/aromatic N) is 3. The van der Waals surface area contributed by atoms with Crippen molar-refractivity contribution in [2.24, 2.45) is 10.1 Å². The average Bonchev–Trinajstić information content (AvgIpc) is 2.13. The SMILES string of the molecule is CCN(CC)CCN=C(C)/C=N/O. The van der Waals surface area contributed by atoms with E-state index in [-0.39, 0.29) is 0 Å². The maximum absolute atomic E-state index is 8.22. The topological polar surface area (TPSA) is 48.2 Å². The van der Waals surface area contributed by atoms with Crippen molar-refractivity contribution in [2.75, 3.05) is 26.2 Å². The van der Waals surface area contributed by atoms with Crippen LogP contribution in [0.5, 0.6) is 0 Å². The Balaban J connectivity index is 3.69. The molecule has 0 atom stereocenters. The molecule has 0 aromatic carbocycles. The van der Waals surface area contributed by atoms with Gasteiger partial charge >= 0.3 is 0 Å². The largest absolute Gasteiger partial charge is 0.411 e. The zero-order chi connectivity index (χ0) is 10.1. The van der Waals surface area contributed by atoms with Gasteiger partial charge in [0.1, 0.15) is 0 Å². The number of hydrogen-bond donors (Lipinski definition) is 1. The maximum Gasteiger partial charge on any atom is 0.0868 e. The second kappa shape index (κ2) is 7.73. The summed E-state index contributed by atoms with van der Waals surface area (Å²) in [5.41, 5.74) is 0.759. The second-order valence-corrected chi connectivity index (χ2v) is 2.79. The Morgan fingerprint density at radius 1 is 1.38 bits per heavy atom. The van der Waals surface area contributed by atoms with Crippen LogP contribution in [0, 0.1) is 0 Å². The minimum atomic E-state index is 0.759. The highest BCUT2D eigenvalue weighted by Gasteiger charge is 1.96. The van der Waals surface area contributed by atoms with Crippen LogP contribution in [0.2, 0.25) is 0 Å². The van der Waals surface area contributed by atoms with Gasteiger partial charge in [0.05, 0.1) is 18.5 Å². The Kier molecular flexibility index (Phi) is 7.20. The summed E-state index contributed by atoms with van der Waals surface area (Å²) in [6.45, 7) is 9.92. The van der Waals surface area contributed by atoms with Crippen molar-refractivity contribution in [3.8, 4) is 0 Å². The van der Waals surface area contributed by atoms with Gasteiger partial charge < -0.3 is 10.1 Å². The van der Waals surface area contributed by atoms with Crippen LogP contribution in [0.4, 0.5) is 0 Å². The van der Waals surface area contributed by atoms with Gasteiger partial charge in [-0.15, -0.1) is 0 Å². The third-order valence-electron chi connectivity index (χ3n) is 1.92. The maximum atomic E-state index is 8.22. The highest BCUT2D eigenvalue weighted by atomic mass is 16.4. The van der Waals surface area contributed by atoms with Crippen molar-refractivity contribution in [1.82, 2.24) is 4.90 Å². The molecule has 0 heterocycles. The summed E-state index contributed by atoms with van der Waals surface area (Å²) in [5.74, 6) is 0. The molecule has 76 valence electrons. The molecule has 0 aliphatic heterocycles. The molecule has 0 rings (SSSR count). The molecule has 0 fully saturated rings. The van der Waals surface area contributed by atoms with Crippen molar-refractivity contribution in [2.45, 2.75) is 20.8 Å². The summed E-state index contributed by atoms with van der Waals surface area (Å²) >= 11 is 0. The summed E-state index contributed by atoms with van der Waals surface area (Å²) < 4.78 is 0. The molecule has 0 radical (unpaired) electrons. The van der Waals surface area contributed by atoms with E-state index in [0.29, 0.717) is 0 Å². The van der Waals surface area contributed by atoms with Crippen LogP contribution in [0.3, 0.4) is 0 Å². The van der Waals surface area contributed by atoms with Crippen LogP contribution in [-0.4, -0.2) is 48.2 Å². The van der Waals surface area contributed by atoms with Crippen molar-refractivity contribution in [3.63, 3.8) is 0 Å². The van der Waals surface area contributed by atoms with Gasteiger partial charge in [-0.3, -0.25) is 4.99 Å². The Morgan fingerprint density at radius 3 is 2.46 bits per heavy atom. The molecule has 0 aliphatic carbocycles. The summed E-state index contributed by atoms with van der Waals surface area (Å²) in [6, 6.07) is 0. The van der Waals surface area contributed by atoms with E-state index in [0.717, 1.165) is 31.9 Å². The lowest BCUT2D eigenvalue weighted by molar-refractivity contribution is 0.313. The predicted octanol–water partition coefficient (Wildman–Crippen LogP) is 1.25. The third-order valence-corrected chi connectivity index (χ3v) is 1.92. The van der Waals surface area contributed by atoms with Gasteiger partial charge in [0.2, 0.25) is 0 Å². The van der Waals surface area contributed by atoms with Gasteiger partial charge in [-0.1, -0.05) is 19.0 Å². The zero-order valence-corrected chi connectivity index (χ0v) is 8.69. The first-order valence-electron chi connectivity index (χ1n) is 4.65. The second-order valence-electron chi connectivity index (χ2n) is 2.79.